The summed E-state index contributed by atoms with van der Waals surface area (Å²) in [6, 6.07) is 4.65. The number of benzene rings is 1. The topological polar surface area (TPSA) is 17.1 Å². The van der Waals surface area contributed by atoms with Gasteiger partial charge in [-0.3, -0.25) is 0 Å². The van der Waals surface area contributed by atoms with Crippen LogP contribution in [-0.4, -0.2) is 5.78 Å². The third-order valence-electron chi connectivity index (χ3n) is 2.44. The van der Waals surface area contributed by atoms with E-state index in [4.69, 9.17) is 11.6 Å². The zero-order valence-electron chi connectivity index (χ0n) is 9.81. The lowest BCUT2D eigenvalue weighted by Crippen LogP contribution is -2.19. The average molecular weight is 243 g/mol. The molecule has 88 valence electrons. The van der Waals surface area contributed by atoms with Gasteiger partial charge in [0, 0.05) is 17.0 Å². The van der Waals surface area contributed by atoms with Crippen LogP contribution in [0.5, 0.6) is 0 Å². The maximum absolute atomic E-state index is 13.5. The molecule has 0 bridgehead atoms. The van der Waals surface area contributed by atoms with Crippen molar-refractivity contribution < 1.29 is 9.18 Å². The summed E-state index contributed by atoms with van der Waals surface area (Å²) < 4.78 is 13.5. The molecule has 0 saturated carbocycles. The van der Waals surface area contributed by atoms with Gasteiger partial charge in [0.2, 0.25) is 0 Å². The molecule has 0 heterocycles. The fraction of sp³-hybridized carbons (Fsp3) is 0.462. The minimum Gasteiger partial charge on any atom is -0.300 e. The van der Waals surface area contributed by atoms with Gasteiger partial charge in [0.25, 0.3) is 0 Å². The molecule has 1 rings (SSSR count). The van der Waals surface area contributed by atoms with Gasteiger partial charge in [-0.1, -0.05) is 31.5 Å². The summed E-state index contributed by atoms with van der Waals surface area (Å²) >= 11 is 5.95. The summed E-state index contributed by atoms with van der Waals surface area (Å²) in [5.41, 5.74) is 0.230. The minimum atomic E-state index is -0.302. The van der Waals surface area contributed by atoms with Gasteiger partial charge in [0.1, 0.15) is 11.6 Å². The number of Topliss-reactive ketones (excluding diaryl/α,β-unsaturated/α-hetero) is 1. The van der Waals surface area contributed by atoms with E-state index < -0.39 is 0 Å². The Balaban J connectivity index is 2.91. The standard InChI is InChI=1S/C13H16ClFO/c1-9(16)7-13(2,3)8-10-11(14)5-4-6-12(10)15/h4-6H,7-8H2,1-3H3. The Morgan fingerprint density at radius 2 is 2.06 bits per heavy atom. The number of carbonyl (C=O) groups excluding carboxylic acids is 1. The molecule has 0 amide bonds. The van der Waals surface area contributed by atoms with Crippen LogP contribution in [0.1, 0.15) is 32.8 Å². The van der Waals surface area contributed by atoms with E-state index in [1.54, 1.807) is 19.1 Å². The van der Waals surface area contributed by atoms with Crippen molar-refractivity contribution in [1.82, 2.24) is 0 Å². The van der Waals surface area contributed by atoms with E-state index in [1.165, 1.54) is 6.07 Å². The second-order valence-corrected chi connectivity index (χ2v) is 5.33. The van der Waals surface area contributed by atoms with Crippen molar-refractivity contribution >= 4 is 17.4 Å². The summed E-state index contributed by atoms with van der Waals surface area (Å²) in [5, 5.41) is 0.427. The molecule has 0 aromatic heterocycles. The van der Waals surface area contributed by atoms with Crippen LogP contribution in [-0.2, 0) is 11.2 Å². The van der Waals surface area contributed by atoms with E-state index >= 15 is 0 Å². The molecule has 3 heteroatoms. The van der Waals surface area contributed by atoms with Crippen molar-refractivity contribution in [2.45, 2.75) is 33.6 Å². The zero-order chi connectivity index (χ0) is 12.3. The summed E-state index contributed by atoms with van der Waals surface area (Å²) in [5.74, 6) is -0.193. The van der Waals surface area contributed by atoms with E-state index in [0.717, 1.165) is 0 Å². The SMILES string of the molecule is CC(=O)CC(C)(C)Cc1c(F)cccc1Cl. The van der Waals surface area contributed by atoms with E-state index in [-0.39, 0.29) is 17.0 Å². The summed E-state index contributed by atoms with van der Waals surface area (Å²) in [7, 11) is 0. The Morgan fingerprint density at radius 3 is 2.56 bits per heavy atom. The van der Waals surface area contributed by atoms with Crippen LogP contribution in [0, 0.1) is 11.2 Å². The van der Waals surface area contributed by atoms with Gasteiger partial charge in [-0.15, -0.1) is 0 Å². The van der Waals surface area contributed by atoms with Crippen molar-refractivity contribution in [2.75, 3.05) is 0 Å². The number of hydrogen-bond acceptors (Lipinski definition) is 1. The van der Waals surface area contributed by atoms with Crippen molar-refractivity contribution in [1.29, 1.82) is 0 Å². The second-order valence-electron chi connectivity index (χ2n) is 4.92. The number of hydrogen-bond donors (Lipinski definition) is 0. The highest BCUT2D eigenvalue weighted by molar-refractivity contribution is 6.31. The molecule has 0 aliphatic rings. The van der Waals surface area contributed by atoms with Gasteiger partial charge >= 0.3 is 0 Å². The lowest BCUT2D eigenvalue weighted by Gasteiger charge is -2.24. The van der Waals surface area contributed by atoms with Gasteiger partial charge in [-0.25, -0.2) is 4.39 Å². The molecule has 0 aliphatic carbocycles. The maximum atomic E-state index is 13.5. The lowest BCUT2D eigenvalue weighted by molar-refractivity contribution is -0.118. The van der Waals surface area contributed by atoms with Gasteiger partial charge in [0.15, 0.2) is 0 Å². The Morgan fingerprint density at radius 1 is 1.44 bits per heavy atom. The maximum Gasteiger partial charge on any atom is 0.130 e. The van der Waals surface area contributed by atoms with E-state index in [0.29, 0.717) is 23.4 Å². The van der Waals surface area contributed by atoms with Crippen LogP contribution in [0.25, 0.3) is 0 Å². The molecule has 0 unspecified atom stereocenters. The van der Waals surface area contributed by atoms with Crippen molar-refractivity contribution in [3.8, 4) is 0 Å². The minimum absolute atomic E-state index is 0.109. The normalized spacial score (nSPS) is 11.6. The largest absolute Gasteiger partial charge is 0.300 e. The van der Waals surface area contributed by atoms with E-state index in [9.17, 15) is 9.18 Å². The molecule has 0 spiro atoms. The predicted octanol–water partition coefficient (Wildman–Crippen LogP) is 4.03. The third-order valence-corrected chi connectivity index (χ3v) is 2.80. The fourth-order valence-corrected chi connectivity index (χ4v) is 2.15. The number of ketones is 1. The predicted molar refractivity (Wildman–Crippen MR) is 64.2 cm³/mol. The highest BCUT2D eigenvalue weighted by atomic mass is 35.5. The molecule has 1 aromatic carbocycles. The van der Waals surface area contributed by atoms with Gasteiger partial charge in [0.05, 0.1) is 0 Å². The van der Waals surface area contributed by atoms with E-state index in [1.807, 2.05) is 13.8 Å². The highest BCUT2D eigenvalue weighted by Crippen LogP contribution is 2.30. The smallest absolute Gasteiger partial charge is 0.130 e. The molecular weight excluding hydrogens is 227 g/mol. The molecule has 0 radical (unpaired) electrons. The number of rotatable bonds is 4. The van der Waals surface area contributed by atoms with E-state index in [2.05, 4.69) is 0 Å². The summed E-state index contributed by atoms with van der Waals surface area (Å²) in [6.07, 6.45) is 0.899. The quantitative estimate of drug-likeness (QED) is 0.779. The zero-order valence-corrected chi connectivity index (χ0v) is 10.6. The van der Waals surface area contributed by atoms with Crippen LogP contribution in [0.4, 0.5) is 4.39 Å². The molecule has 0 atom stereocenters. The summed E-state index contributed by atoms with van der Waals surface area (Å²) in [4.78, 5) is 11.1. The molecule has 1 aromatic rings. The number of carbonyl (C=O) groups is 1. The Bertz CT molecular complexity index is 379. The molecule has 0 saturated heterocycles. The molecule has 0 fully saturated rings. The monoisotopic (exact) mass is 242 g/mol. The first kappa shape index (κ1) is 13.2. The van der Waals surface area contributed by atoms with Crippen LogP contribution < -0.4 is 0 Å². The first-order valence-corrected chi connectivity index (χ1v) is 5.62. The molecular formula is C13H16ClFO. The second kappa shape index (κ2) is 4.96. The fourth-order valence-electron chi connectivity index (χ4n) is 1.92. The van der Waals surface area contributed by atoms with Crippen molar-refractivity contribution in [3.63, 3.8) is 0 Å². The number of halogens is 2. The molecule has 1 nitrogen and oxygen atoms in total. The Hall–Kier alpha value is -0.890. The van der Waals surface area contributed by atoms with Crippen LogP contribution >= 0.6 is 11.6 Å². The van der Waals surface area contributed by atoms with Gasteiger partial charge < -0.3 is 4.79 Å². The Kier molecular flexibility index (Phi) is 4.09. The first-order valence-electron chi connectivity index (χ1n) is 5.24. The van der Waals surface area contributed by atoms with Crippen LogP contribution in [0.3, 0.4) is 0 Å². The first-order chi connectivity index (χ1) is 7.32. The summed E-state index contributed by atoms with van der Waals surface area (Å²) in [6.45, 7) is 5.43. The van der Waals surface area contributed by atoms with Crippen LogP contribution in [0.15, 0.2) is 18.2 Å². The molecule has 0 N–H and O–H groups in total. The molecule has 0 aliphatic heterocycles. The van der Waals surface area contributed by atoms with Crippen molar-refractivity contribution in [3.05, 3.63) is 34.6 Å². The van der Waals surface area contributed by atoms with Crippen molar-refractivity contribution in [2.24, 2.45) is 5.41 Å². The third kappa shape index (κ3) is 3.60. The highest BCUT2D eigenvalue weighted by Gasteiger charge is 2.23. The van der Waals surface area contributed by atoms with Crippen LogP contribution in [0.2, 0.25) is 5.02 Å². The average Bonchev–Trinajstić information content (AvgIpc) is 2.09. The molecule has 16 heavy (non-hydrogen) atoms. The lowest BCUT2D eigenvalue weighted by atomic mass is 9.81. The van der Waals surface area contributed by atoms with Gasteiger partial charge in [-0.05, 0) is 30.9 Å². The van der Waals surface area contributed by atoms with Gasteiger partial charge in [-0.2, -0.15) is 0 Å². The Labute approximate surface area is 101 Å².